The van der Waals surface area contributed by atoms with Crippen molar-refractivity contribution in [1.29, 1.82) is 0 Å². The average Bonchev–Trinajstić information content (AvgIpc) is 3.28. The SMILES string of the molecule is CC(c1cnc(C2(F)CN(C(=O)c3ccc(Br)c(Cl)c3)CCS2(=O)=O)s1)c1ccccc1F. The van der Waals surface area contributed by atoms with Gasteiger partial charge in [-0.2, -0.15) is 0 Å². The van der Waals surface area contributed by atoms with Gasteiger partial charge in [0.25, 0.3) is 10.9 Å². The first-order chi connectivity index (χ1) is 15.5. The Labute approximate surface area is 207 Å². The predicted molar refractivity (Wildman–Crippen MR) is 128 cm³/mol. The number of benzene rings is 2. The van der Waals surface area contributed by atoms with E-state index < -0.39 is 44.8 Å². The largest absolute Gasteiger partial charge is 0.333 e. The monoisotopic (exact) mass is 574 g/mol. The van der Waals surface area contributed by atoms with Crippen molar-refractivity contribution in [2.24, 2.45) is 0 Å². The molecule has 3 aromatic rings. The summed E-state index contributed by atoms with van der Waals surface area (Å²) >= 11 is 10.2. The standard InChI is InChI=1S/C22H18BrClF2N2O3S2/c1-13(15-4-2-3-5-18(15)25)19-11-27-21(32-19)22(26)12-28(8-9-33(22,30)31)20(29)14-6-7-16(23)17(24)10-14/h2-7,10-11,13H,8-9,12H2,1H3. The van der Waals surface area contributed by atoms with Crippen LogP contribution in [0.1, 0.15) is 38.6 Å². The molecule has 0 saturated carbocycles. The highest BCUT2D eigenvalue weighted by molar-refractivity contribution is 9.10. The zero-order valence-electron chi connectivity index (χ0n) is 17.3. The van der Waals surface area contributed by atoms with Gasteiger partial charge in [0.1, 0.15) is 10.8 Å². The summed E-state index contributed by atoms with van der Waals surface area (Å²) in [6, 6.07) is 10.8. The molecule has 1 amide bonds. The van der Waals surface area contributed by atoms with Gasteiger partial charge in [-0.3, -0.25) is 4.79 Å². The Morgan fingerprint density at radius 2 is 2.03 bits per heavy atom. The van der Waals surface area contributed by atoms with E-state index in [-0.39, 0.29) is 17.1 Å². The Kier molecular flexibility index (Phi) is 6.65. The van der Waals surface area contributed by atoms with Gasteiger partial charge in [0.2, 0.25) is 0 Å². The van der Waals surface area contributed by atoms with Gasteiger partial charge in [0.15, 0.2) is 9.84 Å². The van der Waals surface area contributed by atoms with Crippen molar-refractivity contribution in [3.63, 3.8) is 0 Å². The molecule has 11 heteroatoms. The van der Waals surface area contributed by atoms with Crippen molar-refractivity contribution < 1.29 is 22.0 Å². The highest BCUT2D eigenvalue weighted by atomic mass is 79.9. The lowest BCUT2D eigenvalue weighted by atomic mass is 10.00. The van der Waals surface area contributed by atoms with Gasteiger partial charge < -0.3 is 4.90 Å². The van der Waals surface area contributed by atoms with Crippen LogP contribution in [0.3, 0.4) is 0 Å². The fourth-order valence-corrected chi connectivity index (χ4v) is 6.98. The lowest BCUT2D eigenvalue weighted by Gasteiger charge is -2.35. The van der Waals surface area contributed by atoms with Crippen molar-refractivity contribution in [1.82, 2.24) is 9.88 Å². The number of alkyl halides is 1. The van der Waals surface area contributed by atoms with Crippen molar-refractivity contribution in [3.05, 3.63) is 85.0 Å². The molecular formula is C22H18BrClF2N2O3S2. The van der Waals surface area contributed by atoms with Crippen molar-refractivity contribution in [3.8, 4) is 0 Å². The molecule has 1 aliphatic rings. The van der Waals surface area contributed by atoms with Crippen molar-refractivity contribution in [2.45, 2.75) is 17.8 Å². The number of carbonyl (C=O) groups excluding carboxylic acids is 1. The molecule has 1 aromatic heterocycles. The van der Waals surface area contributed by atoms with Crippen LogP contribution in [0, 0.1) is 5.82 Å². The van der Waals surface area contributed by atoms with Crippen molar-refractivity contribution >= 4 is 54.6 Å². The van der Waals surface area contributed by atoms with Crippen molar-refractivity contribution in [2.75, 3.05) is 18.8 Å². The second kappa shape index (κ2) is 9.05. The van der Waals surface area contributed by atoms with E-state index in [4.69, 9.17) is 11.6 Å². The molecule has 1 aliphatic heterocycles. The molecule has 2 heterocycles. The quantitative estimate of drug-likeness (QED) is 0.410. The first-order valence-corrected chi connectivity index (χ1v) is 13.5. The number of amides is 1. The topological polar surface area (TPSA) is 67.3 Å². The highest BCUT2D eigenvalue weighted by Crippen LogP contribution is 2.41. The number of halogens is 4. The molecule has 5 nitrogen and oxygen atoms in total. The number of aromatic nitrogens is 1. The molecule has 1 saturated heterocycles. The number of nitrogens with zero attached hydrogens (tertiary/aromatic N) is 2. The Bertz CT molecular complexity index is 1330. The highest BCUT2D eigenvalue weighted by Gasteiger charge is 2.53. The average molecular weight is 576 g/mol. The number of hydrogen-bond donors (Lipinski definition) is 0. The van der Waals surface area contributed by atoms with Gasteiger partial charge in [0.05, 0.1) is 17.3 Å². The molecule has 0 N–H and O–H groups in total. The van der Waals surface area contributed by atoms with E-state index in [1.807, 2.05) is 0 Å². The molecule has 174 valence electrons. The summed E-state index contributed by atoms with van der Waals surface area (Å²) in [4.78, 5) is 18.7. The van der Waals surface area contributed by atoms with Crippen LogP contribution in [-0.4, -0.2) is 43.1 Å². The third-order valence-electron chi connectivity index (χ3n) is 5.61. The summed E-state index contributed by atoms with van der Waals surface area (Å²) in [6.45, 7) is 0.899. The zero-order chi connectivity index (χ0) is 24.0. The second-order valence-corrected chi connectivity index (χ2v) is 12.3. The zero-order valence-corrected chi connectivity index (χ0v) is 21.2. The number of thiazole rings is 1. The van der Waals surface area contributed by atoms with Gasteiger partial charge in [-0.05, 0) is 45.8 Å². The molecule has 2 aromatic carbocycles. The maximum Gasteiger partial charge on any atom is 0.278 e. The van der Waals surface area contributed by atoms with Crippen LogP contribution in [-0.2, 0) is 14.8 Å². The molecule has 4 rings (SSSR count). The summed E-state index contributed by atoms with van der Waals surface area (Å²) < 4.78 is 56.5. The van der Waals surface area contributed by atoms with Crippen LogP contribution in [0.25, 0.3) is 0 Å². The van der Waals surface area contributed by atoms with E-state index in [1.165, 1.54) is 24.4 Å². The van der Waals surface area contributed by atoms with E-state index in [9.17, 15) is 17.6 Å². The number of carbonyl (C=O) groups is 1. The fraction of sp³-hybridized carbons (Fsp3) is 0.273. The van der Waals surface area contributed by atoms with Gasteiger partial charge in [-0.1, -0.05) is 36.7 Å². The Balaban J connectivity index is 1.65. The third-order valence-corrected chi connectivity index (χ3v) is 10.3. The van der Waals surface area contributed by atoms with Gasteiger partial charge in [-0.15, -0.1) is 11.3 Å². The third kappa shape index (κ3) is 4.45. The molecule has 33 heavy (non-hydrogen) atoms. The minimum atomic E-state index is -4.25. The van der Waals surface area contributed by atoms with Crippen LogP contribution in [0.5, 0.6) is 0 Å². The normalized spacial score (nSPS) is 21.1. The lowest BCUT2D eigenvalue weighted by molar-refractivity contribution is 0.0666. The van der Waals surface area contributed by atoms with E-state index in [2.05, 4.69) is 20.9 Å². The van der Waals surface area contributed by atoms with Crippen LogP contribution < -0.4 is 0 Å². The van der Waals surface area contributed by atoms with Crippen LogP contribution in [0.15, 0.2) is 53.1 Å². The minimum Gasteiger partial charge on any atom is -0.333 e. The summed E-state index contributed by atoms with van der Waals surface area (Å²) in [7, 11) is -4.25. The molecular weight excluding hydrogens is 558 g/mol. The maximum absolute atomic E-state index is 16.2. The number of rotatable bonds is 4. The Morgan fingerprint density at radius 1 is 1.30 bits per heavy atom. The first-order valence-electron chi connectivity index (χ1n) is 9.89. The van der Waals surface area contributed by atoms with Crippen LogP contribution in [0.4, 0.5) is 8.78 Å². The lowest BCUT2D eigenvalue weighted by Crippen LogP contribution is -2.53. The van der Waals surface area contributed by atoms with E-state index >= 15 is 4.39 Å². The summed E-state index contributed by atoms with van der Waals surface area (Å²) in [5.74, 6) is -1.94. The Morgan fingerprint density at radius 3 is 2.73 bits per heavy atom. The molecule has 2 atom stereocenters. The van der Waals surface area contributed by atoms with Gasteiger partial charge in [0, 0.05) is 33.6 Å². The van der Waals surface area contributed by atoms with Crippen LogP contribution >= 0.6 is 38.9 Å². The maximum atomic E-state index is 16.2. The van der Waals surface area contributed by atoms with E-state index in [0.717, 1.165) is 16.2 Å². The summed E-state index contributed by atoms with van der Waals surface area (Å²) in [5, 5.41) is -2.83. The summed E-state index contributed by atoms with van der Waals surface area (Å²) in [5.41, 5.74) is 0.619. The predicted octanol–water partition coefficient (Wildman–Crippen LogP) is 5.54. The first kappa shape index (κ1) is 24.3. The second-order valence-electron chi connectivity index (χ2n) is 7.71. The van der Waals surface area contributed by atoms with E-state index in [1.54, 1.807) is 31.2 Å². The summed E-state index contributed by atoms with van der Waals surface area (Å²) in [6.07, 6.45) is 1.36. The van der Waals surface area contributed by atoms with Crippen LogP contribution in [0.2, 0.25) is 5.02 Å². The molecule has 0 radical (unpaired) electrons. The Hall–Kier alpha value is -1.88. The van der Waals surface area contributed by atoms with Gasteiger partial charge in [-0.25, -0.2) is 22.2 Å². The molecule has 1 fully saturated rings. The molecule has 0 aliphatic carbocycles. The number of sulfone groups is 1. The molecule has 0 spiro atoms. The molecule has 0 bridgehead atoms. The smallest absolute Gasteiger partial charge is 0.278 e. The molecule has 2 unspecified atom stereocenters. The van der Waals surface area contributed by atoms with Gasteiger partial charge >= 0.3 is 0 Å². The van der Waals surface area contributed by atoms with E-state index in [0.29, 0.717) is 19.9 Å². The minimum absolute atomic E-state index is 0.148. The number of hydrogen-bond acceptors (Lipinski definition) is 5. The fourth-order valence-electron chi connectivity index (χ4n) is 3.64.